The first-order valence-corrected chi connectivity index (χ1v) is 5.32. The molecule has 1 aromatic carbocycles. The van der Waals surface area contributed by atoms with Crippen molar-refractivity contribution in [3.8, 4) is 11.4 Å². The first kappa shape index (κ1) is 12.3. The van der Waals surface area contributed by atoms with Gasteiger partial charge < -0.3 is 14.9 Å². The van der Waals surface area contributed by atoms with Crippen molar-refractivity contribution in [1.29, 1.82) is 0 Å². The number of benzene rings is 1. The van der Waals surface area contributed by atoms with E-state index < -0.39 is 7.91 Å². The molecule has 0 spiro atoms. The summed E-state index contributed by atoms with van der Waals surface area (Å²) in [7, 11) is -3.15. The van der Waals surface area contributed by atoms with Crippen molar-refractivity contribution in [2.45, 2.75) is 0 Å². The highest BCUT2D eigenvalue weighted by Crippen LogP contribution is 2.11. The highest BCUT2D eigenvalue weighted by Gasteiger charge is 1.94. The van der Waals surface area contributed by atoms with Crippen molar-refractivity contribution in [3.05, 3.63) is 42.7 Å². The van der Waals surface area contributed by atoms with E-state index in [9.17, 15) is 0 Å². The second kappa shape index (κ2) is 6.68. The van der Waals surface area contributed by atoms with Crippen molar-refractivity contribution in [2.75, 3.05) is 0 Å². The first-order valence-electron chi connectivity index (χ1n) is 4.23. The van der Waals surface area contributed by atoms with Crippen LogP contribution in [0.4, 0.5) is 0 Å². The van der Waals surface area contributed by atoms with E-state index in [1.807, 2.05) is 36.5 Å². The third-order valence-corrected chi connectivity index (χ3v) is 1.73. The summed E-state index contributed by atoms with van der Waals surface area (Å²) < 4.78 is 20.2. The quantitative estimate of drug-likeness (QED) is 0.490. The second-order valence-corrected chi connectivity index (χ2v) is 3.20. The van der Waals surface area contributed by atoms with E-state index >= 15 is 0 Å². The largest absolute Gasteiger partial charge is 0.710 e. The van der Waals surface area contributed by atoms with Crippen LogP contribution in [-0.2, 0) is 13.8 Å². The highest BCUT2D eigenvalue weighted by atomic mass is 31.1. The van der Waals surface area contributed by atoms with Crippen molar-refractivity contribution in [1.82, 2.24) is 9.97 Å². The summed E-state index contributed by atoms with van der Waals surface area (Å²) in [5, 5.41) is 8.53. The van der Waals surface area contributed by atoms with Gasteiger partial charge in [-0.3, -0.25) is 0 Å². The van der Waals surface area contributed by atoms with Gasteiger partial charge in [0.15, 0.2) is 0 Å². The predicted octanol–water partition coefficient (Wildman–Crippen LogP) is 1.69. The molecule has 16 heavy (non-hydrogen) atoms. The Morgan fingerprint density at radius 2 is 1.94 bits per heavy atom. The number of aromatic nitrogens is 2. The molecule has 1 aromatic heterocycles. The molecule has 2 rings (SSSR count). The fourth-order valence-electron chi connectivity index (χ4n) is 1.02. The minimum absolute atomic E-state index is 0. The molecule has 0 saturated heterocycles. The molecule has 0 fully saturated rings. The molecular formula is C9H10N2O4P-. The van der Waals surface area contributed by atoms with Crippen LogP contribution in [0.3, 0.4) is 0 Å². The van der Waals surface area contributed by atoms with Gasteiger partial charge in [0.2, 0.25) is 0 Å². The lowest BCUT2D eigenvalue weighted by atomic mass is 10.2. The van der Waals surface area contributed by atoms with Gasteiger partial charge in [0.1, 0.15) is 5.82 Å². The fraction of sp³-hybridized carbons (Fsp3) is 0. The summed E-state index contributed by atoms with van der Waals surface area (Å²) in [4.78, 5) is 7.17. The minimum atomic E-state index is -3.15. The SMILES string of the molecule is O=P(=O)O[O-].[HH].c1ccc(-c2ncc[nH]2)cc1. The molecule has 0 aliphatic carbocycles. The van der Waals surface area contributed by atoms with E-state index in [1.54, 1.807) is 6.20 Å². The van der Waals surface area contributed by atoms with E-state index in [1.165, 1.54) is 0 Å². The lowest BCUT2D eigenvalue weighted by molar-refractivity contribution is -0.635. The van der Waals surface area contributed by atoms with E-state index in [4.69, 9.17) is 14.4 Å². The second-order valence-electron chi connectivity index (χ2n) is 2.60. The summed E-state index contributed by atoms with van der Waals surface area (Å²) in [5.74, 6) is 0.922. The standard InChI is InChI=1S/C9H8N2.HO4P.H2/c1-2-4-8(5-3-1)9-10-6-7-11-9;1-4-5(2)3;/h1-7H,(H,10,11);1H;1H/p-1. The third kappa shape index (κ3) is 4.18. The molecule has 2 aromatic rings. The van der Waals surface area contributed by atoms with E-state index in [-0.39, 0.29) is 1.43 Å². The first-order chi connectivity index (χ1) is 7.74. The van der Waals surface area contributed by atoms with Gasteiger partial charge in [-0.05, 0) is 0 Å². The van der Waals surface area contributed by atoms with Crippen molar-refractivity contribution >= 4 is 7.91 Å². The minimum Gasteiger partial charge on any atom is -0.710 e. The van der Waals surface area contributed by atoms with Crippen molar-refractivity contribution in [3.63, 3.8) is 0 Å². The predicted molar refractivity (Wildman–Crippen MR) is 55.5 cm³/mol. The summed E-state index contributed by atoms with van der Waals surface area (Å²) in [6, 6.07) is 10.0. The monoisotopic (exact) mass is 241 g/mol. The highest BCUT2D eigenvalue weighted by molar-refractivity contribution is 7.24. The zero-order valence-electron chi connectivity index (χ0n) is 8.07. The van der Waals surface area contributed by atoms with Crippen molar-refractivity contribution in [2.24, 2.45) is 0 Å². The number of hydrogen-bond donors (Lipinski definition) is 1. The Labute approximate surface area is 93.2 Å². The number of aromatic amines is 1. The Morgan fingerprint density at radius 1 is 1.31 bits per heavy atom. The number of imidazole rings is 1. The maximum absolute atomic E-state index is 8.87. The van der Waals surface area contributed by atoms with Gasteiger partial charge in [-0.1, -0.05) is 30.3 Å². The molecule has 0 bridgehead atoms. The molecule has 6 nitrogen and oxygen atoms in total. The molecule has 1 N–H and O–H groups in total. The van der Waals surface area contributed by atoms with Crippen molar-refractivity contribution < 1.29 is 20.5 Å². The Bertz CT molecular complexity index is 465. The van der Waals surface area contributed by atoms with Crippen LogP contribution in [0.1, 0.15) is 1.43 Å². The van der Waals surface area contributed by atoms with Crippen LogP contribution in [0.5, 0.6) is 0 Å². The summed E-state index contributed by atoms with van der Waals surface area (Å²) in [6.45, 7) is 0. The van der Waals surface area contributed by atoms with Gasteiger partial charge in [-0.2, -0.15) is 0 Å². The topological polar surface area (TPSA) is 95.1 Å². The van der Waals surface area contributed by atoms with E-state index in [2.05, 4.69) is 14.6 Å². The Hall–Kier alpha value is -1.75. The zero-order chi connectivity index (χ0) is 11.8. The molecular weight excluding hydrogens is 231 g/mol. The van der Waals surface area contributed by atoms with Gasteiger partial charge >= 0.3 is 7.91 Å². The summed E-state index contributed by atoms with van der Waals surface area (Å²) in [5.41, 5.74) is 1.12. The van der Waals surface area contributed by atoms with Crippen LogP contribution in [0.25, 0.3) is 11.4 Å². The molecule has 1 heterocycles. The number of nitrogens with one attached hydrogen (secondary N) is 1. The van der Waals surface area contributed by atoms with Crippen LogP contribution < -0.4 is 5.26 Å². The molecule has 0 aliphatic heterocycles. The lowest BCUT2D eigenvalue weighted by Crippen LogP contribution is -1.91. The molecule has 0 atom stereocenters. The Kier molecular flexibility index (Phi) is 5.15. The van der Waals surface area contributed by atoms with Crippen LogP contribution in [0.15, 0.2) is 42.7 Å². The van der Waals surface area contributed by atoms with E-state index in [0.717, 1.165) is 11.4 Å². The van der Waals surface area contributed by atoms with Crippen LogP contribution in [-0.4, -0.2) is 9.97 Å². The number of H-pyrrole nitrogens is 1. The molecule has 0 amide bonds. The average molecular weight is 241 g/mol. The number of hydrogen-bond acceptors (Lipinski definition) is 5. The van der Waals surface area contributed by atoms with Crippen LogP contribution in [0.2, 0.25) is 0 Å². The van der Waals surface area contributed by atoms with Crippen LogP contribution >= 0.6 is 7.91 Å². The van der Waals surface area contributed by atoms with E-state index in [0.29, 0.717) is 0 Å². The molecule has 86 valence electrons. The fourth-order valence-corrected chi connectivity index (χ4v) is 1.02. The Balaban J connectivity index is 0.000000373. The normalized spacial score (nSPS) is 9.06. The maximum Gasteiger partial charge on any atom is 0.458 e. The van der Waals surface area contributed by atoms with Gasteiger partial charge in [0, 0.05) is 19.4 Å². The molecule has 0 aliphatic rings. The molecule has 0 saturated carbocycles. The lowest BCUT2D eigenvalue weighted by Gasteiger charge is -1.92. The van der Waals surface area contributed by atoms with Gasteiger partial charge in [0.25, 0.3) is 0 Å². The molecule has 0 unspecified atom stereocenters. The van der Waals surface area contributed by atoms with Gasteiger partial charge in [-0.25, -0.2) is 14.1 Å². The van der Waals surface area contributed by atoms with Gasteiger partial charge in [0.05, 0.1) is 0 Å². The zero-order valence-corrected chi connectivity index (χ0v) is 8.96. The van der Waals surface area contributed by atoms with Gasteiger partial charge in [-0.15, -0.1) is 0 Å². The molecule has 7 heteroatoms. The summed E-state index contributed by atoms with van der Waals surface area (Å²) in [6.07, 6.45) is 3.57. The number of nitrogens with zero attached hydrogens (tertiary/aromatic N) is 1. The smallest absolute Gasteiger partial charge is 0.458 e. The third-order valence-electron chi connectivity index (χ3n) is 1.61. The Morgan fingerprint density at radius 3 is 2.38 bits per heavy atom. The number of rotatable bonds is 2. The van der Waals surface area contributed by atoms with Crippen LogP contribution in [0, 0.1) is 0 Å². The molecule has 0 radical (unpaired) electrons. The average Bonchev–Trinajstić information content (AvgIpc) is 2.84. The summed E-state index contributed by atoms with van der Waals surface area (Å²) >= 11 is 0. The maximum atomic E-state index is 8.87.